The molecule has 2 heterocycles. The Hall–Kier alpha value is -2.87. The highest BCUT2D eigenvalue weighted by molar-refractivity contribution is 5.89. The molecule has 7 aliphatic rings. The first-order valence-electron chi connectivity index (χ1n) is 16.5. The van der Waals surface area contributed by atoms with Crippen molar-refractivity contribution in [3.05, 3.63) is 11.8 Å². The SMILES string of the molecule is CC(=O)O[C@H]1[C@H]2[C@@H](C(=O)[C@H](O)[C@H]3C[C@@H]4O[C@@H]4[C@H](OC(C)=O)[C@@]23C)[C@@H]2[C@@H](O)[C@H]3[C@H]([C@H](C)C=C4OC(=O)[C@@](C)(O)[C@@]43C)[C@]2(C)[C@H]1OC(C)=O. The molecule has 0 amide bonds. The van der Waals surface area contributed by atoms with Crippen LogP contribution in [0, 0.1) is 57.7 Å². The number of epoxide rings is 1. The summed E-state index contributed by atoms with van der Waals surface area (Å²) in [6.07, 6.45) is -5.23. The van der Waals surface area contributed by atoms with Gasteiger partial charge in [-0.15, -0.1) is 0 Å². The third-order valence-electron chi connectivity index (χ3n) is 13.8. The molecule has 6 fully saturated rings. The molecule has 7 rings (SSSR count). The maximum Gasteiger partial charge on any atom is 0.343 e. The average Bonchev–Trinajstić information content (AvgIpc) is 3.65. The highest BCUT2D eigenvalue weighted by Crippen LogP contribution is 2.75. The van der Waals surface area contributed by atoms with Crippen LogP contribution in [0.25, 0.3) is 0 Å². The molecule has 0 aromatic heterocycles. The van der Waals surface area contributed by atoms with E-state index in [1.165, 1.54) is 27.7 Å². The molecule has 0 aromatic carbocycles. The molecule has 47 heavy (non-hydrogen) atoms. The van der Waals surface area contributed by atoms with Crippen molar-refractivity contribution in [2.24, 2.45) is 57.7 Å². The number of ketones is 1. The van der Waals surface area contributed by atoms with Crippen LogP contribution < -0.4 is 0 Å². The summed E-state index contributed by atoms with van der Waals surface area (Å²) in [5.41, 5.74) is -6.05. The summed E-state index contributed by atoms with van der Waals surface area (Å²) in [4.78, 5) is 66.2. The van der Waals surface area contributed by atoms with Crippen molar-refractivity contribution in [1.29, 1.82) is 0 Å². The Morgan fingerprint density at radius 2 is 1.45 bits per heavy atom. The molecule has 13 heteroatoms. The number of carbonyl (C=O) groups is 5. The number of aliphatic hydroxyl groups is 3. The number of aliphatic hydroxyl groups excluding tert-OH is 2. The Bertz CT molecular complexity index is 1500. The molecule has 13 nitrogen and oxygen atoms in total. The Morgan fingerprint density at radius 3 is 2.04 bits per heavy atom. The molecular weight excluding hydrogens is 616 g/mol. The van der Waals surface area contributed by atoms with Gasteiger partial charge < -0.3 is 39.0 Å². The quantitative estimate of drug-likeness (QED) is 0.219. The fraction of sp³-hybridized carbons (Fsp3) is 0.794. The van der Waals surface area contributed by atoms with Gasteiger partial charge in [-0.2, -0.15) is 0 Å². The van der Waals surface area contributed by atoms with Gasteiger partial charge in [0.05, 0.1) is 17.6 Å². The van der Waals surface area contributed by atoms with Crippen LogP contribution in [-0.4, -0.2) is 93.3 Å². The minimum absolute atomic E-state index is 0.209. The largest absolute Gasteiger partial charge is 0.459 e. The number of ether oxygens (including phenoxy) is 5. The summed E-state index contributed by atoms with van der Waals surface area (Å²) in [6, 6.07) is 0. The van der Waals surface area contributed by atoms with Crippen LogP contribution in [0.4, 0.5) is 0 Å². The molecule has 0 radical (unpaired) electrons. The summed E-state index contributed by atoms with van der Waals surface area (Å²) in [7, 11) is 0. The van der Waals surface area contributed by atoms with Crippen LogP contribution in [0.2, 0.25) is 0 Å². The van der Waals surface area contributed by atoms with E-state index in [4.69, 9.17) is 23.7 Å². The van der Waals surface area contributed by atoms with Gasteiger partial charge in [-0.05, 0) is 38.2 Å². The van der Waals surface area contributed by atoms with Gasteiger partial charge in [0, 0.05) is 61.2 Å². The molecule has 2 saturated heterocycles. The number of Topliss-reactive ketones (excluding diaryl/α,β-unsaturated/α-hetero) is 1. The van der Waals surface area contributed by atoms with Gasteiger partial charge in [-0.1, -0.05) is 20.8 Å². The van der Waals surface area contributed by atoms with Crippen LogP contribution in [0.15, 0.2) is 11.8 Å². The van der Waals surface area contributed by atoms with E-state index in [0.29, 0.717) is 0 Å². The lowest BCUT2D eigenvalue weighted by Crippen LogP contribution is -2.74. The van der Waals surface area contributed by atoms with Crippen LogP contribution in [0.1, 0.15) is 61.8 Å². The number of hydrogen-bond acceptors (Lipinski definition) is 13. The number of allylic oxidation sites excluding steroid dienone is 1. The van der Waals surface area contributed by atoms with E-state index >= 15 is 0 Å². The van der Waals surface area contributed by atoms with E-state index in [0.717, 1.165) is 0 Å². The predicted molar refractivity (Wildman–Crippen MR) is 156 cm³/mol. The van der Waals surface area contributed by atoms with E-state index in [1.807, 2.05) is 6.92 Å². The fourth-order valence-corrected chi connectivity index (χ4v) is 11.9. The Balaban J connectivity index is 1.49. The lowest BCUT2D eigenvalue weighted by Gasteiger charge is -2.64. The highest BCUT2D eigenvalue weighted by atomic mass is 16.6. The van der Waals surface area contributed by atoms with Crippen molar-refractivity contribution in [1.82, 2.24) is 0 Å². The lowest BCUT2D eigenvalue weighted by atomic mass is 9.41. The topological polar surface area (TPSA) is 195 Å². The van der Waals surface area contributed by atoms with E-state index in [2.05, 4.69) is 0 Å². The molecular formula is C34H44O13. The zero-order chi connectivity index (χ0) is 34.5. The van der Waals surface area contributed by atoms with E-state index in [-0.39, 0.29) is 18.3 Å². The normalized spacial score (nSPS) is 55.1. The van der Waals surface area contributed by atoms with Crippen LogP contribution in [-0.2, 0) is 47.7 Å². The average molecular weight is 661 g/mol. The molecule has 4 saturated carbocycles. The van der Waals surface area contributed by atoms with Gasteiger partial charge in [-0.3, -0.25) is 19.2 Å². The summed E-state index contributed by atoms with van der Waals surface area (Å²) in [5, 5.41) is 36.2. The minimum atomic E-state index is -2.06. The molecule has 3 N–H and O–H groups in total. The van der Waals surface area contributed by atoms with Gasteiger partial charge in [-0.25, -0.2) is 4.79 Å². The highest BCUT2D eigenvalue weighted by Gasteiger charge is 2.83. The third kappa shape index (κ3) is 3.82. The number of fused-ring (bicyclic) bond motifs is 10. The van der Waals surface area contributed by atoms with Gasteiger partial charge in [0.15, 0.2) is 11.4 Å². The number of hydrogen-bond donors (Lipinski definition) is 3. The molecule has 5 aliphatic carbocycles. The summed E-state index contributed by atoms with van der Waals surface area (Å²) in [5.74, 6) is -9.17. The molecule has 0 spiro atoms. The second-order valence-corrected chi connectivity index (χ2v) is 15.9. The zero-order valence-corrected chi connectivity index (χ0v) is 27.8. The second kappa shape index (κ2) is 9.86. The summed E-state index contributed by atoms with van der Waals surface area (Å²) in [6.45, 7) is 12.1. The summed E-state index contributed by atoms with van der Waals surface area (Å²) < 4.78 is 29.7. The molecule has 258 valence electrons. The Kier molecular flexibility index (Phi) is 6.85. The second-order valence-electron chi connectivity index (χ2n) is 15.9. The van der Waals surface area contributed by atoms with Crippen molar-refractivity contribution >= 4 is 29.7 Å². The molecule has 0 unspecified atom stereocenters. The zero-order valence-electron chi connectivity index (χ0n) is 27.8. The van der Waals surface area contributed by atoms with Gasteiger partial charge in [0.2, 0.25) is 0 Å². The standard InChI is InChI=1S/C34H44O13/c1-11-9-17-33(7,34(8,42)30(41)47-17)22-19(11)32(6)20(25(22)40)18-21(27(43-12(2)35)29(32)45-14(4)37)31(5)15(23(38)24(18)39)10-16-26(46-16)28(31)44-13(3)36/h9,11,15-16,18-23,25-29,38,40,42H,10H2,1-8H3/t11-,15-,16+,18+,19+,20-,21-,22-,23-,25-,26+,27+,28+,29+,31-,32+,33+,34-/m1/s1. The van der Waals surface area contributed by atoms with Gasteiger partial charge in [0.25, 0.3) is 0 Å². The fourth-order valence-electron chi connectivity index (χ4n) is 11.9. The van der Waals surface area contributed by atoms with E-state index < -0.39 is 130 Å². The van der Waals surface area contributed by atoms with Gasteiger partial charge >= 0.3 is 23.9 Å². The number of carbonyl (C=O) groups excluding carboxylic acids is 5. The number of esters is 4. The van der Waals surface area contributed by atoms with Gasteiger partial charge in [0.1, 0.15) is 36.3 Å². The van der Waals surface area contributed by atoms with Crippen LogP contribution >= 0.6 is 0 Å². The first kappa shape index (κ1) is 32.7. The smallest absolute Gasteiger partial charge is 0.343 e. The Morgan fingerprint density at radius 1 is 0.851 bits per heavy atom. The first-order valence-corrected chi connectivity index (χ1v) is 16.5. The van der Waals surface area contributed by atoms with Crippen molar-refractivity contribution in [2.75, 3.05) is 0 Å². The molecule has 0 aromatic rings. The van der Waals surface area contributed by atoms with Crippen LogP contribution in [0.5, 0.6) is 0 Å². The predicted octanol–water partition coefficient (Wildman–Crippen LogP) is 0.842. The minimum Gasteiger partial charge on any atom is -0.459 e. The maximum absolute atomic E-state index is 14.7. The monoisotopic (exact) mass is 660 g/mol. The van der Waals surface area contributed by atoms with Crippen LogP contribution in [0.3, 0.4) is 0 Å². The third-order valence-corrected chi connectivity index (χ3v) is 13.8. The molecule has 18 atom stereocenters. The van der Waals surface area contributed by atoms with E-state index in [9.17, 15) is 39.3 Å². The van der Waals surface area contributed by atoms with Crippen molar-refractivity contribution in [2.45, 2.75) is 110 Å². The first-order chi connectivity index (χ1) is 21.7. The van der Waals surface area contributed by atoms with Crippen molar-refractivity contribution in [3.63, 3.8) is 0 Å². The maximum atomic E-state index is 14.7. The van der Waals surface area contributed by atoms with Crippen molar-refractivity contribution in [3.8, 4) is 0 Å². The Labute approximate surface area is 272 Å². The lowest BCUT2D eigenvalue weighted by molar-refractivity contribution is -0.266. The molecule has 0 bridgehead atoms. The summed E-state index contributed by atoms with van der Waals surface area (Å²) >= 11 is 0. The van der Waals surface area contributed by atoms with E-state index in [1.54, 1.807) is 26.8 Å². The number of rotatable bonds is 3. The van der Waals surface area contributed by atoms with Crippen molar-refractivity contribution < 1.29 is 63.0 Å². The molecule has 2 aliphatic heterocycles.